The molecule has 0 spiro atoms. The highest BCUT2D eigenvalue weighted by Gasteiger charge is 2.15. The Kier molecular flexibility index (Phi) is 5.25. The van der Waals surface area contributed by atoms with Gasteiger partial charge < -0.3 is 10.6 Å². The Bertz CT molecular complexity index is 1630. The molecule has 0 saturated carbocycles. The first kappa shape index (κ1) is 20.5. The van der Waals surface area contributed by atoms with Gasteiger partial charge >= 0.3 is 6.03 Å². The van der Waals surface area contributed by atoms with Crippen molar-refractivity contribution in [1.82, 2.24) is 9.97 Å². The lowest BCUT2D eigenvalue weighted by atomic mass is 10.1. The van der Waals surface area contributed by atoms with Crippen LogP contribution in [0.15, 0.2) is 95.7 Å². The second-order valence-corrected chi connectivity index (χ2v) is 9.62. The molecule has 0 bridgehead atoms. The van der Waals surface area contributed by atoms with E-state index in [1.54, 1.807) is 22.7 Å². The van der Waals surface area contributed by atoms with Gasteiger partial charge in [-0.1, -0.05) is 42.5 Å². The van der Waals surface area contributed by atoms with Crippen LogP contribution < -0.4 is 10.6 Å². The number of nitrogens with zero attached hydrogens (tertiary/aromatic N) is 2. The van der Waals surface area contributed by atoms with Gasteiger partial charge in [-0.05, 0) is 64.0 Å². The van der Waals surface area contributed by atoms with Crippen molar-refractivity contribution in [2.45, 2.75) is 0 Å². The maximum absolute atomic E-state index is 12.7. The summed E-state index contributed by atoms with van der Waals surface area (Å²) in [6.07, 6.45) is 0. The third-order valence-electron chi connectivity index (χ3n) is 5.44. The minimum absolute atomic E-state index is 0.309. The van der Waals surface area contributed by atoms with Crippen LogP contribution in [0, 0.1) is 0 Å². The summed E-state index contributed by atoms with van der Waals surface area (Å²) in [6.45, 7) is 0. The van der Waals surface area contributed by atoms with Crippen LogP contribution in [0.4, 0.5) is 16.2 Å². The van der Waals surface area contributed by atoms with Crippen molar-refractivity contribution in [2.75, 3.05) is 10.6 Å². The minimum atomic E-state index is -0.309. The van der Waals surface area contributed by atoms with Gasteiger partial charge in [0, 0.05) is 11.4 Å². The highest BCUT2D eigenvalue weighted by atomic mass is 32.1. The topological polar surface area (TPSA) is 66.9 Å². The van der Waals surface area contributed by atoms with Crippen LogP contribution in [0.1, 0.15) is 0 Å². The average Bonchev–Trinajstić information content (AvgIpc) is 3.58. The molecule has 6 aromatic rings. The van der Waals surface area contributed by atoms with Crippen LogP contribution in [0.25, 0.3) is 42.9 Å². The Balaban J connectivity index is 1.30. The summed E-state index contributed by atoms with van der Waals surface area (Å²) in [5.74, 6) is 0. The van der Waals surface area contributed by atoms with Crippen molar-refractivity contribution in [3.63, 3.8) is 0 Å². The molecule has 6 rings (SSSR count). The second kappa shape index (κ2) is 8.70. The summed E-state index contributed by atoms with van der Waals surface area (Å²) in [4.78, 5) is 24.7. The van der Waals surface area contributed by atoms with E-state index in [0.717, 1.165) is 48.6 Å². The predicted molar refractivity (Wildman–Crippen MR) is 143 cm³/mol. The monoisotopic (exact) mass is 478 g/mol. The van der Waals surface area contributed by atoms with Crippen LogP contribution in [0.2, 0.25) is 0 Å². The molecule has 7 heteroatoms. The summed E-state index contributed by atoms with van der Waals surface area (Å²) in [5.41, 5.74) is 4.62. The maximum atomic E-state index is 12.7. The Morgan fingerprint density at radius 1 is 0.618 bits per heavy atom. The van der Waals surface area contributed by atoms with Crippen molar-refractivity contribution < 1.29 is 4.79 Å². The standard InChI is InChI=1S/C27H18N4OS2/c32-27(28-19-10-9-17-5-1-2-6-18(17)15-19)29-20-11-12-21-22(16-20)31-26(24-8-4-14-34-24)25(30-21)23-7-3-13-33-23/h1-16H,(H2,28,29,32). The van der Waals surface area contributed by atoms with Crippen molar-refractivity contribution in [3.8, 4) is 21.1 Å². The summed E-state index contributed by atoms with van der Waals surface area (Å²) in [7, 11) is 0. The number of hydrogen-bond acceptors (Lipinski definition) is 5. The number of carbonyl (C=O) groups is 1. The molecular formula is C27H18N4OS2. The SMILES string of the molecule is O=C(Nc1ccc2ccccc2c1)Nc1ccc2nc(-c3cccs3)c(-c3cccs3)nc2c1. The molecule has 0 fully saturated rings. The number of rotatable bonds is 4. The third-order valence-corrected chi connectivity index (χ3v) is 7.19. The molecule has 0 unspecified atom stereocenters. The van der Waals surface area contributed by atoms with Gasteiger partial charge in [0.05, 0.1) is 20.8 Å². The Morgan fingerprint density at radius 2 is 1.24 bits per heavy atom. The maximum Gasteiger partial charge on any atom is 0.323 e. The van der Waals surface area contributed by atoms with Crippen molar-refractivity contribution in [3.05, 3.63) is 95.7 Å². The number of amides is 2. The highest BCUT2D eigenvalue weighted by molar-refractivity contribution is 7.14. The number of fused-ring (bicyclic) bond motifs is 2. The van der Waals surface area contributed by atoms with E-state index in [2.05, 4.69) is 22.8 Å². The molecule has 2 amide bonds. The van der Waals surface area contributed by atoms with E-state index in [9.17, 15) is 4.79 Å². The van der Waals surface area contributed by atoms with Gasteiger partial charge in [0.2, 0.25) is 0 Å². The fourth-order valence-corrected chi connectivity index (χ4v) is 5.29. The Hall–Kier alpha value is -4.07. The van der Waals surface area contributed by atoms with E-state index in [1.807, 2.05) is 83.6 Å². The lowest BCUT2D eigenvalue weighted by Gasteiger charge is -2.11. The molecule has 3 aromatic heterocycles. The zero-order valence-electron chi connectivity index (χ0n) is 17.9. The molecule has 0 radical (unpaired) electrons. The smallest absolute Gasteiger partial charge is 0.308 e. The number of anilines is 2. The van der Waals surface area contributed by atoms with Crippen LogP contribution in [-0.4, -0.2) is 16.0 Å². The number of carbonyl (C=O) groups excluding carboxylic acids is 1. The summed E-state index contributed by atoms with van der Waals surface area (Å²) in [6, 6.07) is 27.3. The first-order valence-electron chi connectivity index (χ1n) is 10.7. The molecule has 5 nitrogen and oxygen atoms in total. The first-order valence-corrected chi connectivity index (χ1v) is 12.5. The normalized spacial score (nSPS) is 11.1. The highest BCUT2D eigenvalue weighted by Crippen LogP contribution is 2.35. The van der Waals surface area contributed by atoms with Crippen LogP contribution in [-0.2, 0) is 0 Å². The molecule has 0 aliphatic rings. The van der Waals surface area contributed by atoms with Gasteiger partial charge in [-0.15, -0.1) is 22.7 Å². The second-order valence-electron chi connectivity index (χ2n) is 7.72. The van der Waals surface area contributed by atoms with Gasteiger partial charge in [0.1, 0.15) is 11.4 Å². The van der Waals surface area contributed by atoms with E-state index in [0.29, 0.717) is 5.69 Å². The van der Waals surface area contributed by atoms with Gasteiger partial charge in [0.15, 0.2) is 0 Å². The Morgan fingerprint density at radius 3 is 1.91 bits per heavy atom. The minimum Gasteiger partial charge on any atom is -0.308 e. The lowest BCUT2D eigenvalue weighted by Crippen LogP contribution is -2.19. The van der Waals surface area contributed by atoms with Gasteiger partial charge in [0.25, 0.3) is 0 Å². The number of urea groups is 1. The fraction of sp³-hybridized carbons (Fsp3) is 0. The Labute approximate surface area is 203 Å². The number of aromatic nitrogens is 2. The molecule has 0 atom stereocenters. The number of benzene rings is 3. The largest absolute Gasteiger partial charge is 0.323 e. The van der Waals surface area contributed by atoms with E-state index in [1.165, 1.54) is 0 Å². The lowest BCUT2D eigenvalue weighted by molar-refractivity contribution is 0.262. The van der Waals surface area contributed by atoms with Crippen molar-refractivity contribution >= 4 is 61.9 Å². The van der Waals surface area contributed by atoms with E-state index < -0.39 is 0 Å². The van der Waals surface area contributed by atoms with E-state index in [-0.39, 0.29) is 6.03 Å². The first-order chi connectivity index (χ1) is 16.7. The molecule has 3 heterocycles. The van der Waals surface area contributed by atoms with Crippen LogP contribution in [0.3, 0.4) is 0 Å². The number of thiophene rings is 2. The zero-order valence-corrected chi connectivity index (χ0v) is 19.5. The molecule has 34 heavy (non-hydrogen) atoms. The average molecular weight is 479 g/mol. The summed E-state index contributed by atoms with van der Waals surface area (Å²) in [5, 5.41) is 12.1. The van der Waals surface area contributed by atoms with Gasteiger partial charge in [-0.2, -0.15) is 0 Å². The third kappa shape index (κ3) is 4.03. The fourth-order valence-electron chi connectivity index (χ4n) is 3.86. The summed E-state index contributed by atoms with van der Waals surface area (Å²) >= 11 is 3.28. The molecular weight excluding hydrogens is 460 g/mol. The van der Waals surface area contributed by atoms with Crippen molar-refractivity contribution in [2.24, 2.45) is 0 Å². The zero-order chi connectivity index (χ0) is 22.9. The quantitative estimate of drug-likeness (QED) is 0.271. The predicted octanol–water partition coefficient (Wildman–Crippen LogP) is 7.88. The van der Waals surface area contributed by atoms with Crippen LogP contribution >= 0.6 is 22.7 Å². The molecule has 3 aromatic carbocycles. The van der Waals surface area contributed by atoms with E-state index in [4.69, 9.17) is 9.97 Å². The number of nitrogens with one attached hydrogen (secondary N) is 2. The molecule has 2 N–H and O–H groups in total. The van der Waals surface area contributed by atoms with E-state index >= 15 is 0 Å². The van der Waals surface area contributed by atoms with Crippen molar-refractivity contribution in [1.29, 1.82) is 0 Å². The van der Waals surface area contributed by atoms with Gasteiger partial charge in [-0.25, -0.2) is 14.8 Å². The molecule has 0 aliphatic carbocycles. The molecule has 0 saturated heterocycles. The van der Waals surface area contributed by atoms with Crippen LogP contribution in [0.5, 0.6) is 0 Å². The molecule has 0 aliphatic heterocycles. The van der Waals surface area contributed by atoms with Gasteiger partial charge in [-0.3, -0.25) is 0 Å². The summed E-state index contributed by atoms with van der Waals surface area (Å²) < 4.78 is 0. The number of hydrogen-bond donors (Lipinski definition) is 2. The molecule has 164 valence electrons.